The van der Waals surface area contributed by atoms with Crippen LogP contribution < -0.4 is 0 Å². The molecule has 0 aliphatic heterocycles. The van der Waals surface area contributed by atoms with Crippen molar-refractivity contribution in [2.24, 2.45) is 0 Å². The summed E-state index contributed by atoms with van der Waals surface area (Å²) >= 11 is 0. The lowest BCUT2D eigenvalue weighted by molar-refractivity contribution is 0.467. The molecule has 0 N–H and O–H groups in total. The Morgan fingerprint density at radius 2 is 2.33 bits per heavy atom. The maximum Gasteiger partial charge on any atom is 0.109 e. The molecule has 1 aliphatic carbocycles. The molecule has 0 unspecified atom stereocenters. The Hall–Kier alpha value is -0.720. The Balaban J connectivity index is 2.34. The molecule has 0 bridgehead atoms. The maximum absolute atomic E-state index is 5.26. The van der Waals surface area contributed by atoms with E-state index in [0.717, 1.165) is 5.76 Å². The Morgan fingerprint density at radius 3 is 2.78 bits per heavy atom. The van der Waals surface area contributed by atoms with Gasteiger partial charge >= 0.3 is 0 Å². The van der Waals surface area contributed by atoms with Gasteiger partial charge in [-0.1, -0.05) is 6.92 Å². The number of furan rings is 1. The molecular weight excluding hydrogens is 112 g/mol. The van der Waals surface area contributed by atoms with E-state index in [0.29, 0.717) is 5.41 Å². The minimum absolute atomic E-state index is 0.406. The molecule has 1 aromatic rings. The van der Waals surface area contributed by atoms with E-state index < -0.39 is 0 Å². The standard InChI is InChI=1S/C8H10O/c1-8(4-5-8)7-3-2-6-9-7/h2-3,6H,4-5H2,1H3. The molecule has 0 saturated heterocycles. The third kappa shape index (κ3) is 0.680. The molecule has 0 spiro atoms. The fourth-order valence-corrected chi connectivity index (χ4v) is 1.06. The van der Waals surface area contributed by atoms with Crippen LogP contribution in [0.15, 0.2) is 22.8 Å². The molecule has 0 radical (unpaired) electrons. The summed E-state index contributed by atoms with van der Waals surface area (Å²) in [7, 11) is 0. The van der Waals surface area contributed by atoms with Crippen LogP contribution in [0.2, 0.25) is 0 Å². The van der Waals surface area contributed by atoms with Gasteiger partial charge in [0, 0.05) is 5.41 Å². The first kappa shape index (κ1) is 5.10. The maximum atomic E-state index is 5.26. The van der Waals surface area contributed by atoms with E-state index in [1.165, 1.54) is 12.8 Å². The predicted octanol–water partition coefficient (Wildman–Crippen LogP) is 2.33. The Bertz CT molecular complexity index is 194. The summed E-state index contributed by atoms with van der Waals surface area (Å²) in [6.45, 7) is 2.24. The smallest absolute Gasteiger partial charge is 0.109 e. The highest BCUT2D eigenvalue weighted by atomic mass is 16.3. The molecule has 1 saturated carbocycles. The summed E-state index contributed by atoms with van der Waals surface area (Å²) in [5, 5.41) is 0. The first-order chi connectivity index (χ1) is 4.31. The average Bonchev–Trinajstić information content (AvgIpc) is 2.46. The van der Waals surface area contributed by atoms with E-state index in [-0.39, 0.29) is 0 Å². The van der Waals surface area contributed by atoms with Crippen molar-refractivity contribution in [1.29, 1.82) is 0 Å². The molecule has 1 aromatic heterocycles. The first-order valence-corrected chi connectivity index (χ1v) is 3.35. The second kappa shape index (κ2) is 1.41. The van der Waals surface area contributed by atoms with E-state index in [1.54, 1.807) is 6.26 Å². The minimum Gasteiger partial charge on any atom is -0.469 e. The number of hydrogen-bond acceptors (Lipinski definition) is 1. The second-order valence-corrected chi connectivity index (χ2v) is 3.04. The third-order valence-electron chi connectivity index (χ3n) is 2.12. The van der Waals surface area contributed by atoms with Crippen LogP contribution in [0.5, 0.6) is 0 Å². The normalized spacial score (nSPS) is 21.9. The highest BCUT2D eigenvalue weighted by Gasteiger charge is 2.41. The summed E-state index contributed by atoms with van der Waals surface area (Å²) in [6.07, 6.45) is 4.33. The monoisotopic (exact) mass is 122 g/mol. The molecule has 0 amide bonds. The van der Waals surface area contributed by atoms with Crippen molar-refractivity contribution in [3.63, 3.8) is 0 Å². The van der Waals surface area contributed by atoms with E-state index in [2.05, 4.69) is 13.0 Å². The quantitative estimate of drug-likeness (QED) is 0.557. The summed E-state index contributed by atoms with van der Waals surface area (Å²) in [6, 6.07) is 4.02. The zero-order valence-electron chi connectivity index (χ0n) is 5.55. The van der Waals surface area contributed by atoms with Crippen molar-refractivity contribution in [2.45, 2.75) is 25.2 Å². The Morgan fingerprint density at radius 1 is 1.56 bits per heavy atom. The molecular formula is C8H10O. The summed E-state index contributed by atoms with van der Waals surface area (Å²) in [5.41, 5.74) is 0.406. The lowest BCUT2D eigenvalue weighted by Gasteiger charge is -1.99. The Labute approximate surface area is 54.7 Å². The van der Waals surface area contributed by atoms with Gasteiger partial charge in [-0.2, -0.15) is 0 Å². The predicted molar refractivity (Wildman–Crippen MR) is 35.3 cm³/mol. The molecule has 1 heterocycles. The topological polar surface area (TPSA) is 13.1 Å². The van der Waals surface area contributed by atoms with Gasteiger partial charge in [-0.25, -0.2) is 0 Å². The van der Waals surface area contributed by atoms with Crippen molar-refractivity contribution in [3.8, 4) is 0 Å². The SMILES string of the molecule is CC1(c2ccco2)CC1. The molecule has 9 heavy (non-hydrogen) atoms. The van der Waals surface area contributed by atoms with Gasteiger partial charge in [-0.15, -0.1) is 0 Å². The van der Waals surface area contributed by atoms with Crippen LogP contribution in [0.25, 0.3) is 0 Å². The molecule has 1 aliphatic rings. The van der Waals surface area contributed by atoms with Crippen LogP contribution in [-0.2, 0) is 5.41 Å². The minimum atomic E-state index is 0.406. The van der Waals surface area contributed by atoms with Gasteiger partial charge < -0.3 is 4.42 Å². The van der Waals surface area contributed by atoms with Crippen molar-refractivity contribution in [3.05, 3.63) is 24.2 Å². The van der Waals surface area contributed by atoms with Crippen LogP contribution in [0.3, 0.4) is 0 Å². The van der Waals surface area contributed by atoms with Crippen LogP contribution in [0.1, 0.15) is 25.5 Å². The molecule has 1 nitrogen and oxygen atoms in total. The second-order valence-electron chi connectivity index (χ2n) is 3.04. The Kier molecular flexibility index (Phi) is 0.797. The van der Waals surface area contributed by atoms with Gasteiger partial charge in [0.25, 0.3) is 0 Å². The zero-order chi connectivity index (χ0) is 6.32. The molecule has 1 fully saturated rings. The lowest BCUT2D eigenvalue weighted by atomic mass is 10.1. The molecule has 2 rings (SSSR count). The van der Waals surface area contributed by atoms with Gasteiger partial charge in [0.05, 0.1) is 6.26 Å². The van der Waals surface area contributed by atoms with Crippen LogP contribution >= 0.6 is 0 Å². The fourth-order valence-electron chi connectivity index (χ4n) is 1.06. The number of rotatable bonds is 1. The van der Waals surface area contributed by atoms with Gasteiger partial charge in [0.1, 0.15) is 5.76 Å². The molecule has 1 heteroatoms. The van der Waals surface area contributed by atoms with Crippen molar-refractivity contribution < 1.29 is 4.42 Å². The van der Waals surface area contributed by atoms with Gasteiger partial charge in [0.15, 0.2) is 0 Å². The van der Waals surface area contributed by atoms with E-state index in [1.807, 2.05) is 6.07 Å². The number of hydrogen-bond donors (Lipinski definition) is 0. The van der Waals surface area contributed by atoms with Crippen molar-refractivity contribution in [1.82, 2.24) is 0 Å². The van der Waals surface area contributed by atoms with Gasteiger partial charge in [-0.05, 0) is 25.0 Å². The highest BCUT2D eigenvalue weighted by Crippen LogP contribution is 2.47. The third-order valence-corrected chi connectivity index (χ3v) is 2.12. The van der Waals surface area contributed by atoms with Crippen molar-refractivity contribution in [2.75, 3.05) is 0 Å². The van der Waals surface area contributed by atoms with Gasteiger partial charge in [-0.3, -0.25) is 0 Å². The van der Waals surface area contributed by atoms with E-state index in [9.17, 15) is 0 Å². The molecule has 0 atom stereocenters. The first-order valence-electron chi connectivity index (χ1n) is 3.35. The molecule has 0 aromatic carbocycles. The highest BCUT2D eigenvalue weighted by molar-refractivity contribution is 5.19. The zero-order valence-corrected chi connectivity index (χ0v) is 5.55. The summed E-state index contributed by atoms with van der Waals surface area (Å²) < 4.78 is 5.26. The van der Waals surface area contributed by atoms with E-state index in [4.69, 9.17) is 4.42 Å². The lowest BCUT2D eigenvalue weighted by Crippen LogP contribution is -1.95. The van der Waals surface area contributed by atoms with Gasteiger partial charge in [0.2, 0.25) is 0 Å². The van der Waals surface area contributed by atoms with Crippen LogP contribution in [0, 0.1) is 0 Å². The average molecular weight is 122 g/mol. The molecule has 48 valence electrons. The fraction of sp³-hybridized carbons (Fsp3) is 0.500. The van der Waals surface area contributed by atoms with Crippen molar-refractivity contribution >= 4 is 0 Å². The van der Waals surface area contributed by atoms with Crippen LogP contribution in [0.4, 0.5) is 0 Å². The largest absolute Gasteiger partial charge is 0.469 e. The van der Waals surface area contributed by atoms with Crippen LogP contribution in [-0.4, -0.2) is 0 Å². The van der Waals surface area contributed by atoms with E-state index >= 15 is 0 Å². The summed E-state index contributed by atoms with van der Waals surface area (Å²) in [5.74, 6) is 1.16. The summed E-state index contributed by atoms with van der Waals surface area (Å²) in [4.78, 5) is 0.